The van der Waals surface area contributed by atoms with E-state index >= 15 is 0 Å². The highest BCUT2D eigenvalue weighted by Gasteiger charge is 2.15. The number of hydrogen-bond acceptors (Lipinski definition) is 5. The van der Waals surface area contributed by atoms with E-state index in [9.17, 15) is 4.79 Å². The molecule has 0 unspecified atom stereocenters. The summed E-state index contributed by atoms with van der Waals surface area (Å²) in [6, 6.07) is 13.9. The van der Waals surface area contributed by atoms with E-state index in [1.54, 1.807) is 37.3 Å². The second-order valence-electron chi connectivity index (χ2n) is 6.86. The van der Waals surface area contributed by atoms with Crippen LogP contribution in [0.25, 0.3) is 0 Å². The lowest BCUT2D eigenvalue weighted by Crippen LogP contribution is -2.30. The van der Waals surface area contributed by atoms with Crippen LogP contribution in [0.15, 0.2) is 54.9 Å². The molecule has 0 spiro atoms. The van der Waals surface area contributed by atoms with Crippen molar-refractivity contribution in [3.8, 4) is 0 Å². The van der Waals surface area contributed by atoms with Crippen LogP contribution in [0.1, 0.15) is 33.0 Å². The standard InChI is InChI=1S/C22H25N5O/c1-16-4-6-19(7-5-16)15-24-21-14-20(25-17(2)26-21)22(28)27(3)13-10-18-8-11-23-12-9-18/h4-9,11-12,14H,10,13,15H2,1-3H3,(H,24,25,26). The van der Waals surface area contributed by atoms with Crippen molar-refractivity contribution in [1.82, 2.24) is 19.9 Å². The van der Waals surface area contributed by atoms with Crippen LogP contribution in [0.3, 0.4) is 0 Å². The minimum Gasteiger partial charge on any atom is -0.366 e. The summed E-state index contributed by atoms with van der Waals surface area (Å²) in [5.74, 6) is 1.11. The van der Waals surface area contributed by atoms with Crippen molar-refractivity contribution in [2.24, 2.45) is 0 Å². The Morgan fingerprint density at radius 3 is 2.43 bits per heavy atom. The monoisotopic (exact) mass is 375 g/mol. The van der Waals surface area contributed by atoms with Gasteiger partial charge >= 0.3 is 0 Å². The van der Waals surface area contributed by atoms with E-state index in [2.05, 4.69) is 51.5 Å². The summed E-state index contributed by atoms with van der Waals surface area (Å²) >= 11 is 0. The molecule has 1 aromatic carbocycles. The number of likely N-dealkylation sites (N-methyl/N-ethyl adjacent to an activating group) is 1. The molecule has 3 aromatic rings. The first-order valence-electron chi connectivity index (χ1n) is 9.31. The lowest BCUT2D eigenvalue weighted by molar-refractivity contribution is 0.0790. The maximum atomic E-state index is 12.8. The van der Waals surface area contributed by atoms with Gasteiger partial charge in [0.05, 0.1) is 0 Å². The van der Waals surface area contributed by atoms with Gasteiger partial charge in [0, 0.05) is 38.6 Å². The molecule has 0 saturated carbocycles. The molecule has 1 N–H and O–H groups in total. The highest BCUT2D eigenvalue weighted by Crippen LogP contribution is 2.12. The summed E-state index contributed by atoms with van der Waals surface area (Å²) in [6.07, 6.45) is 4.29. The highest BCUT2D eigenvalue weighted by atomic mass is 16.2. The maximum absolute atomic E-state index is 12.8. The van der Waals surface area contributed by atoms with Crippen molar-refractivity contribution < 1.29 is 4.79 Å². The first-order valence-corrected chi connectivity index (χ1v) is 9.31. The van der Waals surface area contributed by atoms with Crippen molar-refractivity contribution in [3.63, 3.8) is 0 Å². The SMILES string of the molecule is Cc1ccc(CNc2cc(C(=O)N(C)CCc3ccncc3)nc(C)n2)cc1. The van der Waals surface area contributed by atoms with Gasteiger partial charge in [0.1, 0.15) is 17.3 Å². The number of nitrogens with zero attached hydrogens (tertiary/aromatic N) is 4. The van der Waals surface area contributed by atoms with E-state index in [1.165, 1.54) is 5.56 Å². The first-order chi connectivity index (χ1) is 13.5. The molecule has 0 radical (unpaired) electrons. The molecule has 0 bridgehead atoms. The van der Waals surface area contributed by atoms with Gasteiger partial charge in [0.25, 0.3) is 5.91 Å². The van der Waals surface area contributed by atoms with Gasteiger partial charge in [-0.3, -0.25) is 9.78 Å². The Labute approximate surface area is 165 Å². The van der Waals surface area contributed by atoms with Crippen LogP contribution in [0.2, 0.25) is 0 Å². The molecule has 2 heterocycles. The third-order valence-corrected chi connectivity index (χ3v) is 4.48. The fourth-order valence-corrected chi connectivity index (χ4v) is 2.81. The van der Waals surface area contributed by atoms with Gasteiger partial charge in [-0.05, 0) is 43.5 Å². The van der Waals surface area contributed by atoms with E-state index in [-0.39, 0.29) is 5.91 Å². The molecule has 0 aliphatic heterocycles. The van der Waals surface area contributed by atoms with E-state index < -0.39 is 0 Å². The van der Waals surface area contributed by atoms with Gasteiger partial charge in [-0.15, -0.1) is 0 Å². The molecule has 3 rings (SSSR count). The van der Waals surface area contributed by atoms with Crippen LogP contribution in [0.5, 0.6) is 0 Å². The number of amides is 1. The number of pyridine rings is 1. The summed E-state index contributed by atoms with van der Waals surface area (Å²) in [5, 5.41) is 3.28. The first kappa shape index (κ1) is 19.5. The quantitative estimate of drug-likeness (QED) is 0.685. The van der Waals surface area contributed by atoms with E-state index in [1.807, 2.05) is 12.1 Å². The number of nitrogens with one attached hydrogen (secondary N) is 1. The Bertz CT molecular complexity index is 925. The van der Waals surface area contributed by atoms with Crippen molar-refractivity contribution >= 4 is 11.7 Å². The summed E-state index contributed by atoms with van der Waals surface area (Å²) in [5.41, 5.74) is 3.93. The summed E-state index contributed by atoms with van der Waals surface area (Å²) in [6.45, 7) is 5.11. The number of aryl methyl sites for hydroxylation is 2. The topological polar surface area (TPSA) is 71.0 Å². The minimum atomic E-state index is -0.113. The molecular weight excluding hydrogens is 350 g/mol. The van der Waals surface area contributed by atoms with Crippen molar-refractivity contribution in [3.05, 3.63) is 83.1 Å². The van der Waals surface area contributed by atoms with E-state index in [0.717, 1.165) is 17.5 Å². The molecule has 0 aliphatic rings. The summed E-state index contributed by atoms with van der Waals surface area (Å²) in [7, 11) is 1.79. The van der Waals surface area contributed by atoms with Crippen LogP contribution in [-0.4, -0.2) is 39.4 Å². The van der Waals surface area contributed by atoms with Crippen LogP contribution in [-0.2, 0) is 13.0 Å². The fraction of sp³-hybridized carbons (Fsp3) is 0.273. The molecule has 2 aromatic heterocycles. The van der Waals surface area contributed by atoms with Crippen LogP contribution in [0, 0.1) is 13.8 Å². The number of anilines is 1. The average molecular weight is 375 g/mol. The fourth-order valence-electron chi connectivity index (χ4n) is 2.81. The average Bonchev–Trinajstić information content (AvgIpc) is 2.71. The zero-order valence-corrected chi connectivity index (χ0v) is 16.5. The Kier molecular flexibility index (Phi) is 6.32. The molecule has 0 atom stereocenters. The number of hydrogen-bond donors (Lipinski definition) is 1. The van der Waals surface area contributed by atoms with E-state index in [4.69, 9.17) is 0 Å². The zero-order valence-electron chi connectivity index (χ0n) is 16.5. The van der Waals surface area contributed by atoms with E-state index in [0.29, 0.717) is 30.4 Å². The smallest absolute Gasteiger partial charge is 0.272 e. The van der Waals surface area contributed by atoms with Crippen molar-refractivity contribution in [2.45, 2.75) is 26.8 Å². The second kappa shape index (κ2) is 9.08. The number of benzene rings is 1. The van der Waals surface area contributed by atoms with Crippen LogP contribution in [0.4, 0.5) is 5.82 Å². The molecule has 0 saturated heterocycles. The highest BCUT2D eigenvalue weighted by molar-refractivity contribution is 5.92. The molecule has 28 heavy (non-hydrogen) atoms. The lowest BCUT2D eigenvalue weighted by Gasteiger charge is -2.17. The van der Waals surface area contributed by atoms with Gasteiger partial charge in [0.15, 0.2) is 0 Å². The van der Waals surface area contributed by atoms with Crippen LogP contribution >= 0.6 is 0 Å². The van der Waals surface area contributed by atoms with Gasteiger partial charge in [0.2, 0.25) is 0 Å². The number of carbonyl (C=O) groups is 1. The summed E-state index contributed by atoms with van der Waals surface area (Å²) in [4.78, 5) is 27.2. The molecular formula is C22H25N5O. The Hall–Kier alpha value is -3.28. The third-order valence-electron chi connectivity index (χ3n) is 4.48. The Morgan fingerprint density at radius 2 is 1.71 bits per heavy atom. The minimum absolute atomic E-state index is 0.113. The number of carbonyl (C=O) groups excluding carboxylic acids is 1. The van der Waals surface area contributed by atoms with Crippen LogP contribution < -0.4 is 5.32 Å². The lowest BCUT2D eigenvalue weighted by atomic mass is 10.1. The normalized spacial score (nSPS) is 10.5. The predicted octanol–water partition coefficient (Wildman–Crippen LogP) is 3.42. The Balaban J connectivity index is 1.64. The molecule has 6 nitrogen and oxygen atoms in total. The van der Waals surface area contributed by atoms with Gasteiger partial charge < -0.3 is 10.2 Å². The Morgan fingerprint density at radius 1 is 1.00 bits per heavy atom. The van der Waals surface area contributed by atoms with Crippen molar-refractivity contribution in [2.75, 3.05) is 18.9 Å². The molecule has 6 heteroatoms. The van der Waals surface area contributed by atoms with Gasteiger partial charge in [-0.2, -0.15) is 0 Å². The van der Waals surface area contributed by atoms with Crippen molar-refractivity contribution in [1.29, 1.82) is 0 Å². The summed E-state index contributed by atoms with van der Waals surface area (Å²) < 4.78 is 0. The predicted molar refractivity (Wildman–Crippen MR) is 110 cm³/mol. The molecule has 0 fully saturated rings. The zero-order chi connectivity index (χ0) is 19.9. The maximum Gasteiger partial charge on any atom is 0.272 e. The third kappa shape index (κ3) is 5.36. The number of rotatable bonds is 7. The molecule has 0 aliphatic carbocycles. The largest absolute Gasteiger partial charge is 0.366 e. The second-order valence-corrected chi connectivity index (χ2v) is 6.86. The number of aromatic nitrogens is 3. The molecule has 144 valence electrons. The van der Waals surface area contributed by atoms with Gasteiger partial charge in [-0.25, -0.2) is 9.97 Å². The molecule has 1 amide bonds. The van der Waals surface area contributed by atoms with Gasteiger partial charge in [-0.1, -0.05) is 29.8 Å².